The lowest BCUT2D eigenvalue weighted by molar-refractivity contribution is -0.107. The predicted molar refractivity (Wildman–Crippen MR) is 28.9 cm³/mol. The number of carbonyl (C=O) groups excluding carboxylic acids is 1. The van der Waals surface area contributed by atoms with E-state index >= 15 is 0 Å². The minimum absolute atomic E-state index is 0.370. The third-order valence-electron chi connectivity index (χ3n) is 0.487. The molecule has 0 aromatic rings. The summed E-state index contributed by atoms with van der Waals surface area (Å²) in [6.45, 7) is 5.70. The minimum atomic E-state index is 0.370. The fourth-order valence-corrected chi connectivity index (χ4v) is 0.216. The van der Waals surface area contributed by atoms with Crippen LogP contribution in [0, 0.1) is 0 Å². The monoisotopic (exact) mass is 99.1 g/mol. The van der Waals surface area contributed by atoms with E-state index in [1.165, 1.54) is 0 Å². The number of hydrogen-bond donors (Lipinski definition) is 1. The van der Waals surface area contributed by atoms with E-state index in [0.29, 0.717) is 6.54 Å². The van der Waals surface area contributed by atoms with Gasteiger partial charge in [0.25, 0.3) is 0 Å². The van der Waals surface area contributed by atoms with Crippen molar-refractivity contribution in [2.45, 2.75) is 6.92 Å². The van der Waals surface area contributed by atoms with Crippen molar-refractivity contribution in [3.63, 3.8) is 0 Å². The maximum absolute atomic E-state index is 9.61. The number of rotatable bonds is 3. The Morgan fingerprint density at radius 1 is 2.00 bits per heavy atom. The molecule has 40 valence electrons. The van der Waals surface area contributed by atoms with Gasteiger partial charge in [-0.05, 0) is 6.92 Å². The summed E-state index contributed by atoms with van der Waals surface area (Å²) in [5, 5.41) is 2.73. The first-order valence-electron chi connectivity index (χ1n) is 2.10. The Morgan fingerprint density at radius 3 is 2.71 bits per heavy atom. The first-order valence-corrected chi connectivity index (χ1v) is 2.10. The van der Waals surface area contributed by atoms with Gasteiger partial charge in [0.2, 0.25) is 0 Å². The maximum atomic E-state index is 9.61. The number of nitrogens with one attached hydrogen (secondary N) is 1. The number of allylic oxidation sites excluding steroid dienone is 1. The summed E-state index contributed by atoms with van der Waals surface area (Å²) in [5.74, 6) is 0. The van der Waals surface area contributed by atoms with Crippen molar-refractivity contribution >= 4 is 6.29 Å². The van der Waals surface area contributed by atoms with Crippen LogP contribution in [0.15, 0.2) is 12.3 Å². The lowest BCUT2D eigenvalue weighted by atomic mass is 10.5. The van der Waals surface area contributed by atoms with E-state index in [9.17, 15) is 4.79 Å². The number of hydrogen-bond acceptors (Lipinski definition) is 2. The van der Waals surface area contributed by atoms with Gasteiger partial charge in [-0.2, -0.15) is 0 Å². The number of carbonyl (C=O) groups is 1. The normalized spacial score (nSPS) is 7.57. The Hall–Kier alpha value is -0.790. The van der Waals surface area contributed by atoms with Gasteiger partial charge < -0.3 is 10.1 Å². The molecule has 0 unspecified atom stereocenters. The molecule has 0 aromatic heterocycles. The number of aldehydes is 1. The zero-order valence-electron chi connectivity index (χ0n) is 4.40. The standard InChI is InChI=1S/C5H9NO/c1-5(2)6-3-4-7/h4,6H,1,3H2,2H3. The molecule has 0 spiro atoms. The van der Waals surface area contributed by atoms with Crippen molar-refractivity contribution in [1.82, 2.24) is 5.32 Å². The highest BCUT2D eigenvalue weighted by molar-refractivity contribution is 5.52. The Labute approximate surface area is 43.2 Å². The van der Waals surface area contributed by atoms with Crippen molar-refractivity contribution in [3.05, 3.63) is 12.3 Å². The first kappa shape index (κ1) is 6.21. The van der Waals surface area contributed by atoms with Crippen molar-refractivity contribution in [2.75, 3.05) is 6.54 Å². The second-order valence-corrected chi connectivity index (χ2v) is 1.33. The molecule has 0 saturated carbocycles. The Morgan fingerprint density at radius 2 is 2.57 bits per heavy atom. The van der Waals surface area contributed by atoms with Crippen LogP contribution in [-0.4, -0.2) is 12.8 Å². The summed E-state index contributed by atoms with van der Waals surface area (Å²) in [6, 6.07) is 0. The van der Waals surface area contributed by atoms with Gasteiger partial charge in [-0.3, -0.25) is 0 Å². The van der Waals surface area contributed by atoms with Gasteiger partial charge in [0, 0.05) is 5.70 Å². The molecule has 7 heavy (non-hydrogen) atoms. The van der Waals surface area contributed by atoms with Gasteiger partial charge in [-0.25, -0.2) is 0 Å². The van der Waals surface area contributed by atoms with Crippen molar-refractivity contribution in [3.8, 4) is 0 Å². The Bertz CT molecular complexity index is 78.1. The molecule has 0 heterocycles. The minimum Gasteiger partial charge on any atom is -0.382 e. The molecular formula is C5H9NO. The lowest BCUT2D eigenvalue weighted by Crippen LogP contribution is -2.11. The van der Waals surface area contributed by atoms with Crippen LogP contribution in [0.3, 0.4) is 0 Å². The quantitative estimate of drug-likeness (QED) is 0.516. The fourth-order valence-electron chi connectivity index (χ4n) is 0.216. The van der Waals surface area contributed by atoms with Crippen LogP contribution in [-0.2, 0) is 4.79 Å². The molecule has 0 aromatic carbocycles. The van der Waals surface area contributed by atoms with Crippen LogP contribution in [0.5, 0.6) is 0 Å². The predicted octanol–water partition coefficient (Wildman–Crippen LogP) is 0.309. The summed E-state index contributed by atoms with van der Waals surface area (Å²) >= 11 is 0. The molecule has 0 rings (SSSR count). The first-order chi connectivity index (χ1) is 3.27. The topological polar surface area (TPSA) is 29.1 Å². The van der Waals surface area contributed by atoms with Crippen LogP contribution in [0.4, 0.5) is 0 Å². The van der Waals surface area contributed by atoms with E-state index in [0.717, 1.165) is 12.0 Å². The third kappa shape index (κ3) is 5.21. The average molecular weight is 99.1 g/mol. The summed E-state index contributed by atoms with van der Waals surface area (Å²) in [7, 11) is 0. The lowest BCUT2D eigenvalue weighted by Gasteiger charge is -1.94. The largest absolute Gasteiger partial charge is 0.382 e. The third-order valence-corrected chi connectivity index (χ3v) is 0.487. The molecular weight excluding hydrogens is 90.1 g/mol. The Balaban J connectivity index is 2.97. The highest BCUT2D eigenvalue weighted by Gasteiger charge is 1.76. The molecule has 0 amide bonds. The van der Waals surface area contributed by atoms with E-state index in [1.807, 2.05) is 6.92 Å². The molecule has 0 bridgehead atoms. The molecule has 0 radical (unpaired) electrons. The Kier molecular flexibility index (Phi) is 3.02. The van der Waals surface area contributed by atoms with E-state index in [1.54, 1.807) is 0 Å². The molecule has 0 aliphatic heterocycles. The zero-order valence-corrected chi connectivity index (χ0v) is 4.40. The van der Waals surface area contributed by atoms with E-state index < -0.39 is 0 Å². The van der Waals surface area contributed by atoms with E-state index in [4.69, 9.17) is 0 Å². The molecule has 0 fully saturated rings. The molecule has 2 nitrogen and oxygen atoms in total. The van der Waals surface area contributed by atoms with Gasteiger partial charge in [-0.1, -0.05) is 6.58 Å². The second-order valence-electron chi connectivity index (χ2n) is 1.33. The molecule has 2 heteroatoms. The maximum Gasteiger partial charge on any atom is 0.139 e. The SMILES string of the molecule is C=C(C)NCC=O. The van der Waals surface area contributed by atoms with Crippen molar-refractivity contribution in [2.24, 2.45) is 0 Å². The molecule has 0 aliphatic rings. The molecule has 0 atom stereocenters. The zero-order chi connectivity index (χ0) is 5.70. The van der Waals surface area contributed by atoms with Gasteiger partial charge in [-0.15, -0.1) is 0 Å². The van der Waals surface area contributed by atoms with Crippen molar-refractivity contribution in [1.29, 1.82) is 0 Å². The van der Waals surface area contributed by atoms with Crippen LogP contribution in [0.1, 0.15) is 6.92 Å². The van der Waals surface area contributed by atoms with E-state index in [2.05, 4.69) is 11.9 Å². The van der Waals surface area contributed by atoms with Gasteiger partial charge in [0.1, 0.15) is 6.29 Å². The highest BCUT2D eigenvalue weighted by atomic mass is 16.1. The van der Waals surface area contributed by atoms with Gasteiger partial charge >= 0.3 is 0 Å². The van der Waals surface area contributed by atoms with Gasteiger partial charge in [0.15, 0.2) is 0 Å². The summed E-state index contributed by atoms with van der Waals surface area (Å²) < 4.78 is 0. The fraction of sp³-hybridized carbons (Fsp3) is 0.400. The smallest absolute Gasteiger partial charge is 0.139 e. The highest BCUT2D eigenvalue weighted by Crippen LogP contribution is 1.71. The molecule has 1 N–H and O–H groups in total. The van der Waals surface area contributed by atoms with Crippen LogP contribution in [0.2, 0.25) is 0 Å². The summed E-state index contributed by atoms with van der Waals surface area (Å²) in [6.07, 6.45) is 0.800. The molecule has 0 aliphatic carbocycles. The van der Waals surface area contributed by atoms with E-state index in [-0.39, 0.29) is 0 Å². The van der Waals surface area contributed by atoms with Crippen LogP contribution < -0.4 is 5.32 Å². The summed E-state index contributed by atoms with van der Waals surface area (Å²) in [5.41, 5.74) is 0.826. The summed E-state index contributed by atoms with van der Waals surface area (Å²) in [4.78, 5) is 9.61. The van der Waals surface area contributed by atoms with Crippen LogP contribution in [0.25, 0.3) is 0 Å². The van der Waals surface area contributed by atoms with Gasteiger partial charge in [0.05, 0.1) is 6.54 Å². The average Bonchev–Trinajstić information content (AvgIpc) is 1.61. The van der Waals surface area contributed by atoms with Crippen molar-refractivity contribution < 1.29 is 4.79 Å². The molecule has 0 saturated heterocycles. The second kappa shape index (κ2) is 3.40. The van der Waals surface area contributed by atoms with Crippen LogP contribution >= 0.6 is 0 Å².